The first-order valence-corrected chi connectivity index (χ1v) is 8.87. The maximum absolute atomic E-state index is 11.9. The van der Waals surface area contributed by atoms with E-state index < -0.39 is 27.8 Å². The fourth-order valence-corrected chi connectivity index (χ4v) is 3.55. The lowest BCUT2D eigenvalue weighted by Gasteiger charge is -2.21. The molecule has 0 saturated heterocycles. The summed E-state index contributed by atoms with van der Waals surface area (Å²) in [6, 6.07) is 16.8. The lowest BCUT2D eigenvalue weighted by Crippen LogP contribution is -2.33. The smallest absolute Gasteiger partial charge is 0.158 e. The highest BCUT2D eigenvalue weighted by Gasteiger charge is 2.31. The molecule has 0 radical (unpaired) electrons. The summed E-state index contributed by atoms with van der Waals surface area (Å²) in [5, 5.41) is 18.4. The molecule has 0 aliphatic carbocycles. The predicted molar refractivity (Wildman–Crippen MR) is 87.2 cm³/mol. The molecule has 0 aromatic heterocycles. The van der Waals surface area contributed by atoms with Gasteiger partial charge in [-0.15, -0.1) is 0 Å². The Labute approximate surface area is 131 Å². The van der Waals surface area contributed by atoms with Crippen LogP contribution in [-0.2, 0) is 9.84 Å². The van der Waals surface area contributed by atoms with E-state index in [4.69, 9.17) is 0 Å². The Bertz CT molecular complexity index is 693. The average Bonchev–Trinajstić information content (AvgIpc) is 2.56. The first-order chi connectivity index (χ1) is 10.5. The van der Waals surface area contributed by atoms with Crippen molar-refractivity contribution in [3.05, 3.63) is 60.2 Å². The zero-order chi connectivity index (χ0) is 16.2. The minimum atomic E-state index is -3.52. The molecule has 2 N–H and O–H groups in total. The van der Waals surface area contributed by atoms with Gasteiger partial charge in [0, 0.05) is 5.75 Å². The van der Waals surface area contributed by atoms with E-state index in [1.54, 1.807) is 12.1 Å². The highest BCUT2D eigenvalue weighted by atomic mass is 32.2. The van der Waals surface area contributed by atoms with Gasteiger partial charge in [-0.05, 0) is 16.7 Å². The molecule has 0 saturated carbocycles. The van der Waals surface area contributed by atoms with Crippen LogP contribution >= 0.6 is 0 Å². The number of sulfone groups is 1. The lowest BCUT2D eigenvalue weighted by molar-refractivity contribution is 0.138. The number of hydrogen-bond donors (Lipinski definition) is 2. The topological polar surface area (TPSA) is 74.6 Å². The zero-order valence-corrected chi connectivity index (χ0v) is 13.2. The maximum Gasteiger partial charge on any atom is 0.158 e. The van der Waals surface area contributed by atoms with Crippen molar-refractivity contribution in [2.45, 2.75) is 18.3 Å². The molecule has 22 heavy (non-hydrogen) atoms. The fourth-order valence-electron chi connectivity index (χ4n) is 2.34. The van der Waals surface area contributed by atoms with Gasteiger partial charge in [-0.25, -0.2) is 8.42 Å². The Morgan fingerprint density at radius 3 is 2.00 bits per heavy atom. The van der Waals surface area contributed by atoms with Crippen LogP contribution in [0, 0.1) is 0 Å². The normalized spacial score (nSPS) is 14.5. The summed E-state index contributed by atoms with van der Waals surface area (Å²) in [5.41, 5.74) is 2.51. The standard InChI is InChI=1S/C17H20O4S/c1-2-22(20,21)16(12-18)17(19)15-10-8-14(9-11-15)13-6-4-3-5-7-13/h3-11,16-19H,2,12H2,1H3/t16-,17+/m1/s1. The Balaban J connectivity index is 2.26. The fraction of sp³-hybridized carbons (Fsp3) is 0.294. The van der Waals surface area contributed by atoms with E-state index in [2.05, 4.69) is 0 Å². The lowest BCUT2D eigenvalue weighted by atomic mass is 10.0. The van der Waals surface area contributed by atoms with Crippen LogP contribution in [0.4, 0.5) is 0 Å². The molecule has 0 aliphatic heterocycles. The van der Waals surface area contributed by atoms with Crippen molar-refractivity contribution in [1.29, 1.82) is 0 Å². The minimum absolute atomic E-state index is 0.114. The number of benzene rings is 2. The van der Waals surface area contributed by atoms with Crippen molar-refractivity contribution >= 4 is 9.84 Å². The van der Waals surface area contributed by atoms with Gasteiger partial charge in [0.15, 0.2) is 9.84 Å². The molecule has 2 atom stereocenters. The molecule has 2 aromatic carbocycles. The molecule has 118 valence electrons. The van der Waals surface area contributed by atoms with Gasteiger partial charge in [-0.1, -0.05) is 61.5 Å². The zero-order valence-electron chi connectivity index (χ0n) is 12.4. The van der Waals surface area contributed by atoms with Gasteiger partial charge >= 0.3 is 0 Å². The van der Waals surface area contributed by atoms with Crippen molar-refractivity contribution < 1.29 is 18.6 Å². The van der Waals surface area contributed by atoms with Gasteiger partial charge in [0.05, 0.1) is 12.7 Å². The van der Waals surface area contributed by atoms with E-state index >= 15 is 0 Å². The van der Waals surface area contributed by atoms with E-state index in [0.717, 1.165) is 11.1 Å². The second-order valence-corrected chi connectivity index (χ2v) is 7.61. The molecule has 0 amide bonds. The molecule has 4 nitrogen and oxygen atoms in total. The summed E-state index contributed by atoms with van der Waals surface area (Å²) in [6.45, 7) is 0.904. The van der Waals surface area contributed by atoms with Crippen molar-refractivity contribution in [2.24, 2.45) is 0 Å². The summed E-state index contributed by atoms with van der Waals surface area (Å²) in [7, 11) is -3.52. The third-order valence-corrected chi connectivity index (χ3v) is 5.89. The first-order valence-electron chi connectivity index (χ1n) is 7.15. The molecular weight excluding hydrogens is 300 g/mol. The second-order valence-electron chi connectivity index (χ2n) is 5.11. The third kappa shape index (κ3) is 3.55. The summed E-state index contributed by atoms with van der Waals surface area (Å²) >= 11 is 0. The minimum Gasteiger partial charge on any atom is -0.395 e. The highest BCUT2D eigenvalue weighted by molar-refractivity contribution is 7.92. The van der Waals surface area contributed by atoms with Crippen LogP contribution in [0.5, 0.6) is 0 Å². The van der Waals surface area contributed by atoms with Gasteiger partial charge in [0.25, 0.3) is 0 Å². The maximum atomic E-state index is 11.9. The SMILES string of the molecule is CCS(=O)(=O)[C@H](CO)[C@@H](O)c1ccc(-c2ccccc2)cc1. The van der Waals surface area contributed by atoms with E-state index in [9.17, 15) is 18.6 Å². The first kappa shape index (κ1) is 16.7. The summed E-state index contributed by atoms with van der Waals surface area (Å²) < 4.78 is 23.8. The molecule has 0 fully saturated rings. The average molecular weight is 320 g/mol. The van der Waals surface area contributed by atoms with Crippen molar-refractivity contribution in [2.75, 3.05) is 12.4 Å². The van der Waals surface area contributed by atoms with Crippen molar-refractivity contribution in [3.8, 4) is 11.1 Å². The van der Waals surface area contributed by atoms with Crippen LogP contribution < -0.4 is 0 Å². The molecule has 0 bridgehead atoms. The summed E-state index contributed by atoms with van der Waals surface area (Å²) in [5.74, 6) is -0.114. The Hall–Kier alpha value is -1.69. The van der Waals surface area contributed by atoms with Gasteiger partial charge in [-0.3, -0.25) is 0 Å². The van der Waals surface area contributed by atoms with Crippen LogP contribution in [0.2, 0.25) is 0 Å². The quantitative estimate of drug-likeness (QED) is 0.855. The number of hydrogen-bond acceptors (Lipinski definition) is 4. The Kier molecular flexibility index (Phi) is 5.34. The van der Waals surface area contributed by atoms with Gasteiger partial charge in [-0.2, -0.15) is 0 Å². The molecule has 0 spiro atoms. The molecule has 5 heteroatoms. The largest absolute Gasteiger partial charge is 0.395 e. The van der Waals surface area contributed by atoms with Crippen LogP contribution in [0.15, 0.2) is 54.6 Å². The predicted octanol–water partition coefficient (Wildman–Crippen LogP) is 2.18. The molecule has 0 heterocycles. The van der Waals surface area contributed by atoms with Gasteiger partial charge in [0.2, 0.25) is 0 Å². The second kappa shape index (κ2) is 7.05. The molecule has 0 unspecified atom stereocenters. The molecule has 2 rings (SSSR count). The third-order valence-electron chi connectivity index (χ3n) is 3.76. The Morgan fingerprint density at radius 1 is 0.955 bits per heavy atom. The van der Waals surface area contributed by atoms with Crippen LogP contribution in [0.25, 0.3) is 11.1 Å². The van der Waals surface area contributed by atoms with Gasteiger partial charge in [0.1, 0.15) is 5.25 Å². The molecular formula is C17H20O4S. The van der Waals surface area contributed by atoms with E-state index in [1.807, 2.05) is 42.5 Å². The summed E-state index contributed by atoms with van der Waals surface area (Å²) in [6.07, 6.45) is -1.24. The number of aliphatic hydroxyl groups is 2. The Morgan fingerprint density at radius 2 is 1.50 bits per heavy atom. The monoisotopic (exact) mass is 320 g/mol. The summed E-state index contributed by atoms with van der Waals surface area (Å²) in [4.78, 5) is 0. The van der Waals surface area contributed by atoms with Crippen LogP contribution in [0.3, 0.4) is 0 Å². The van der Waals surface area contributed by atoms with E-state index in [-0.39, 0.29) is 5.75 Å². The highest BCUT2D eigenvalue weighted by Crippen LogP contribution is 2.26. The van der Waals surface area contributed by atoms with E-state index in [1.165, 1.54) is 6.92 Å². The van der Waals surface area contributed by atoms with Crippen molar-refractivity contribution in [3.63, 3.8) is 0 Å². The molecule has 2 aromatic rings. The van der Waals surface area contributed by atoms with E-state index in [0.29, 0.717) is 5.56 Å². The van der Waals surface area contributed by atoms with Gasteiger partial charge < -0.3 is 10.2 Å². The van der Waals surface area contributed by atoms with Crippen molar-refractivity contribution in [1.82, 2.24) is 0 Å². The van der Waals surface area contributed by atoms with Crippen LogP contribution in [-0.4, -0.2) is 36.2 Å². The van der Waals surface area contributed by atoms with Crippen LogP contribution in [0.1, 0.15) is 18.6 Å². The number of rotatable bonds is 6. The molecule has 0 aliphatic rings. The number of aliphatic hydroxyl groups excluding tert-OH is 2.